The van der Waals surface area contributed by atoms with Gasteiger partial charge < -0.3 is 9.84 Å². The molecule has 0 aliphatic rings. The summed E-state index contributed by atoms with van der Waals surface area (Å²) in [5.74, 6) is -0.207. The lowest BCUT2D eigenvalue weighted by atomic mass is 9.92. The third-order valence-corrected chi connectivity index (χ3v) is 5.79. The molecule has 0 aliphatic heterocycles. The first-order valence-electron chi connectivity index (χ1n) is 12.0. The monoisotopic (exact) mass is 411 g/mol. The fraction of sp³-hybridized carbons (Fsp3) is 0.880. The van der Waals surface area contributed by atoms with E-state index in [0.717, 1.165) is 19.3 Å². The van der Waals surface area contributed by atoms with Gasteiger partial charge in [-0.15, -0.1) is 0 Å². The second kappa shape index (κ2) is 16.9. The standard InChI is InChI=1S/C25H49NO3/c1-7-8-9-10-11-12-13-14-15-16-17-18-19-20-21-24(28)29-25(22(2)3,23(4)27)26(5)6/h13-14,22-23,27H,7-12,15-21H2,1-6H3. The maximum atomic E-state index is 12.3. The highest BCUT2D eigenvalue weighted by Crippen LogP contribution is 2.29. The van der Waals surface area contributed by atoms with Crippen molar-refractivity contribution >= 4 is 5.97 Å². The molecule has 2 atom stereocenters. The number of carbonyl (C=O) groups is 1. The van der Waals surface area contributed by atoms with E-state index < -0.39 is 11.8 Å². The Morgan fingerprint density at radius 2 is 1.38 bits per heavy atom. The molecule has 172 valence electrons. The fourth-order valence-electron chi connectivity index (χ4n) is 4.06. The zero-order chi connectivity index (χ0) is 22.1. The molecule has 0 rings (SSSR count). The molecule has 0 aliphatic carbocycles. The van der Waals surface area contributed by atoms with E-state index in [-0.39, 0.29) is 11.9 Å². The highest BCUT2D eigenvalue weighted by Gasteiger charge is 2.44. The molecule has 1 N–H and O–H groups in total. The lowest BCUT2D eigenvalue weighted by Crippen LogP contribution is -2.59. The molecule has 0 amide bonds. The predicted octanol–water partition coefficient (Wildman–Crippen LogP) is 6.47. The van der Waals surface area contributed by atoms with E-state index in [1.165, 1.54) is 57.8 Å². The average Bonchev–Trinajstić information content (AvgIpc) is 2.65. The Morgan fingerprint density at radius 1 is 0.897 bits per heavy atom. The van der Waals surface area contributed by atoms with E-state index in [1.807, 2.05) is 32.8 Å². The zero-order valence-corrected chi connectivity index (χ0v) is 20.2. The van der Waals surface area contributed by atoms with Gasteiger partial charge in [-0.3, -0.25) is 9.69 Å². The molecule has 0 aromatic rings. The highest BCUT2D eigenvalue weighted by molar-refractivity contribution is 5.69. The van der Waals surface area contributed by atoms with Crippen molar-refractivity contribution < 1.29 is 14.6 Å². The van der Waals surface area contributed by atoms with Crippen molar-refractivity contribution in [2.75, 3.05) is 14.1 Å². The molecule has 4 heteroatoms. The van der Waals surface area contributed by atoms with E-state index in [9.17, 15) is 9.90 Å². The number of ether oxygens (including phenoxy) is 1. The van der Waals surface area contributed by atoms with E-state index in [4.69, 9.17) is 4.74 Å². The fourth-order valence-corrected chi connectivity index (χ4v) is 4.06. The van der Waals surface area contributed by atoms with Crippen molar-refractivity contribution in [3.8, 4) is 0 Å². The number of rotatable bonds is 18. The number of carbonyl (C=O) groups excluding carboxylic acids is 1. The molecule has 2 unspecified atom stereocenters. The quantitative estimate of drug-likeness (QED) is 0.121. The highest BCUT2D eigenvalue weighted by atomic mass is 16.6. The summed E-state index contributed by atoms with van der Waals surface area (Å²) < 4.78 is 5.76. The number of esters is 1. The van der Waals surface area contributed by atoms with Gasteiger partial charge in [0, 0.05) is 12.3 Å². The molecule has 4 nitrogen and oxygen atoms in total. The normalized spacial score (nSPS) is 15.2. The lowest BCUT2D eigenvalue weighted by Gasteiger charge is -2.44. The van der Waals surface area contributed by atoms with Crippen LogP contribution >= 0.6 is 0 Å². The van der Waals surface area contributed by atoms with Gasteiger partial charge in [0.25, 0.3) is 0 Å². The summed E-state index contributed by atoms with van der Waals surface area (Å²) in [4.78, 5) is 14.1. The van der Waals surface area contributed by atoms with Gasteiger partial charge in [0.2, 0.25) is 0 Å². The van der Waals surface area contributed by atoms with Gasteiger partial charge in [0.15, 0.2) is 5.72 Å². The Bertz CT molecular complexity index is 408. The second-order valence-electron chi connectivity index (χ2n) is 8.93. The van der Waals surface area contributed by atoms with Crippen molar-refractivity contribution in [1.29, 1.82) is 0 Å². The molecule has 0 fully saturated rings. The largest absolute Gasteiger partial charge is 0.441 e. The SMILES string of the molecule is CCCCCCCC=CCCCCCCCC(=O)OC(C(C)C)(C(C)O)N(C)C. The van der Waals surface area contributed by atoms with Gasteiger partial charge in [-0.1, -0.05) is 77.9 Å². The van der Waals surface area contributed by atoms with Crippen LogP contribution in [0.3, 0.4) is 0 Å². The Kier molecular flexibility index (Phi) is 16.4. The number of allylic oxidation sites excluding steroid dienone is 2. The molecule has 29 heavy (non-hydrogen) atoms. The summed E-state index contributed by atoms with van der Waals surface area (Å²) in [5, 5.41) is 10.2. The number of hydrogen-bond acceptors (Lipinski definition) is 4. The smallest absolute Gasteiger partial charge is 0.307 e. The average molecular weight is 412 g/mol. The van der Waals surface area contributed by atoms with Crippen LogP contribution < -0.4 is 0 Å². The lowest BCUT2D eigenvalue weighted by molar-refractivity contribution is -0.220. The molecule has 0 bridgehead atoms. The van der Waals surface area contributed by atoms with Crippen molar-refractivity contribution in [2.24, 2.45) is 5.92 Å². The number of aliphatic hydroxyl groups is 1. The number of hydrogen-bond donors (Lipinski definition) is 1. The molecular weight excluding hydrogens is 362 g/mol. The molecule has 0 spiro atoms. The molecule has 0 saturated carbocycles. The Balaban J connectivity index is 3.84. The van der Waals surface area contributed by atoms with Crippen LogP contribution in [0.1, 0.15) is 111 Å². The second-order valence-corrected chi connectivity index (χ2v) is 8.93. The van der Waals surface area contributed by atoms with Crippen molar-refractivity contribution in [3.63, 3.8) is 0 Å². The predicted molar refractivity (Wildman–Crippen MR) is 124 cm³/mol. The van der Waals surface area contributed by atoms with Crippen LogP contribution in [0, 0.1) is 5.92 Å². The summed E-state index contributed by atoms with van der Waals surface area (Å²) in [6, 6.07) is 0. The van der Waals surface area contributed by atoms with Crippen molar-refractivity contribution in [3.05, 3.63) is 12.2 Å². The summed E-state index contributed by atoms with van der Waals surface area (Å²) in [5.41, 5.74) is -0.959. The minimum Gasteiger partial charge on any atom is -0.441 e. The molecule has 0 heterocycles. The summed E-state index contributed by atoms with van der Waals surface area (Å²) in [6.07, 6.45) is 19.0. The zero-order valence-electron chi connectivity index (χ0n) is 20.2. The Labute approximate surface area is 181 Å². The van der Waals surface area contributed by atoms with Crippen molar-refractivity contribution in [2.45, 2.75) is 123 Å². The minimum absolute atomic E-state index is 0.00541. The van der Waals surface area contributed by atoms with Gasteiger partial charge in [0.05, 0.1) is 0 Å². The van der Waals surface area contributed by atoms with E-state index in [2.05, 4.69) is 19.1 Å². The van der Waals surface area contributed by atoms with Gasteiger partial charge in [-0.05, 0) is 53.1 Å². The summed E-state index contributed by atoms with van der Waals surface area (Å²) >= 11 is 0. The van der Waals surface area contributed by atoms with Gasteiger partial charge >= 0.3 is 5.97 Å². The number of unbranched alkanes of at least 4 members (excludes halogenated alkanes) is 10. The molecular formula is C25H49NO3. The Morgan fingerprint density at radius 3 is 1.83 bits per heavy atom. The van der Waals surface area contributed by atoms with Crippen molar-refractivity contribution in [1.82, 2.24) is 4.90 Å². The molecule has 0 aromatic heterocycles. The van der Waals surface area contributed by atoms with Gasteiger partial charge in [-0.25, -0.2) is 0 Å². The summed E-state index contributed by atoms with van der Waals surface area (Å²) in [7, 11) is 3.70. The van der Waals surface area contributed by atoms with Crippen LogP contribution in [0.25, 0.3) is 0 Å². The Hall–Kier alpha value is -0.870. The van der Waals surface area contributed by atoms with E-state index in [0.29, 0.717) is 6.42 Å². The van der Waals surface area contributed by atoms with Crippen LogP contribution in [0.4, 0.5) is 0 Å². The first kappa shape index (κ1) is 28.1. The number of likely N-dealkylation sites (N-methyl/N-ethyl adjacent to an activating group) is 1. The first-order chi connectivity index (χ1) is 13.8. The van der Waals surface area contributed by atoms with Gasteiger partial charge in [-0.2, -0.15) is 0 Å². The van der Waals surface area contributed by atoms with E-state index in [1.54, 1.807) is 6.92 Å². The third-order valence-electron chi connectivity index (χ3n) is 5.79. The maximum Gasteiger partial charge on any atom is 0.307 e. The van der Waals surface area contributed by atoms with Crippen LogP contribution in [0.2, 0.25) is 0 Å². The van der Waals surface area contributed by atoms with Crippen LogP contribution in [0.15, 0.2) is 12.2 Å². The maximum absolute atomic E-state index is 12.3. The molecule has 0 radical (unpaired) electrons. The van der Waals surface area contributed by atoms with Gasteiger partial charge in [0.1, 0.15) is 6.10 Å². The number of nitrogens with zero attached hydrogens (tertiary/aromatic N) is 1. The first-order valence-corrected chi connectivity index (χ1v) is 12.0. The number of aliphatic hydroxyl groups excluding tert-OH is 1. The van der Waals surface area contributed by atoms with Crippen LogP contribution in [0.5, 0.6) is 0 Å². The minimum atomic E-state index is -0.959. The third kappa shape index (κ3) is 11.8. The van der Waals surface area contributed by atoms with Crippen LogP contribution in [-0.4, -0.2) is 41.9 Å². The molecule has 0 saturated heterocycles. The topological polar surface area (TPSA) is 49.8 Å². The van der Waals surface area contributed by atoms with Crippen LogP contribution in [-0.2, 0) is 9.53 Å². The summed E-state index contributed by atoms with van der Waals surface area (Å²) in [6.45, 7) is 7.89. The van der Waals surface area contributed by atoms with E-state index >= 15 is 0 Å². The molecule has 0 aromatic carbocycles.